The van der Waals surface area contributed by atoms with E-state index in [2.05, 4.69) is 26.6 Å². The molecule has 2 aromatic rings. The fourth-order valence-corrected chi connectivity index (χ4v) is 2.21. The van der Waals surface area contributed by atoms with Gasteiger partial charge in [-0.1, -0.05) is 22.0 Å². The van der Waals surface area contributed by atoms with Gasteiger partial charge in [0.2, 0.25) is 11.8 Å². The minimum atomic E-state index is -0.752. The van der Waals surface area contributed by atoms with Crippen LogP contribution in [0.5, 0.6) is 0 Å². The Kier molecular flexibility index (Phi) is 6.82. The number of halogens is 3. The second-order valence-electron chi connectivity index (χ2n) is 5.06. The molecule has 2 N–H and O–H groups in total. The van der Waals surface area contributed by atoms with Crippen LogP contribution in [0.1, 0.15) is 12.0 Å². The monoisotopic (exact) mass is 408 g/mol. The highest BCUT2D eigenvalue weighted by Gasteiger charge is 2.06. The molecule has 0 aromatic heterocycles. The number of hydrogen-bond acceptors (Lipinski definition) is 2. The number of carbonyl (C=O) groups excluding carboxylic acids is 2. The molecular formula is C18H15BrF2N2O2. The van der Waals surface area contributed by atoms with Gasteiger partial charge in [-0.2, -0.15) is 0 Å². The molecule has 0 fully saturated rings. The third kappa shape index (κ3) is 6.11. The largest absolute Gasteiger partial charge is 0.352 e. The molecule has 0 unspecified atom stereocenters. The molecule has 0 saturated carbocycles. The molecule has 2 rings (SSSR count). The first-order valence-electron chi connectivity index (χ1n) is 7.41. The van der Waals surface area contributed by atoms with Crippen molar-refractivity contribution in [3.05, 3.63) is 70.2 Å². The van der Waals surface area contributed by atoms with Crippen molar-refractivity contribution in [3.8, 4) is 0 Å². The summed E-state index contributed by atoms with van der Waals surface area (Å²) in [5.41, 5.74) is 0.361. The van der Waals surface area contributed by atoms with E-state index < -0.39 is 17.5 Å². The molecule has 7 heteroatoms. The van der Waals surface area contributed by atoms with Gasteiger partial charge in [0, 0.05) is 34.8 Å². The van der Waals surface area contributed by atoms with Gasteiger partial charge in [0.1, 0.15) is 11.6 Å². The molecule has 130 valence electrons. The Bertz CT molecular complexity index is 772. The van der Waals surface area contributed by atoms with Gasteiger partial charge >= 0.3 is 0 Å². The van der Waals surface area contributed by atoms with E-state index in [1.54, 1.807) is 24.3 Å². The number of rotatable bonds is 6. The number of amides is 2. The second-order valence-corrected chi connectivity index (χ2v) is 5.98. The van der Waals surface area contributed by atoms with Crippen LogP contribution in [0.4, 0.5) is 14.5 Å². The van der Waals surface area contributed by atoms with Gasteiger partial charge < -0.3 is 10.6 Å². The summed E-state index contributed by atoms with van der Waals surface area (Å²) in [6.45, 7) is 0.102. The van der Waals surface area contributed by atoms with Gasteiger partial charge in [-0.15, -0.1) is 0 Å². The van der Waals surface area contributed by atoms with E-state index in [0.717, 1.165) is 28.8 Å². The van der Waals surface area contributed by atoms with Crippen molar-refractivity contribution in [1.82, 2.24) is 5.32 Å². The van der Waals surface area contributed by atoms with Crippen LogP contribution in [0.15, 0.2) is 53.0 Å². The summed E-state index contributed by atoms with van der Waals surface area (Å²) in [7, 11) is 0. The Labute approximate surface area is 152 Å². The van der Waals surface area contributed by atoms with Crippen LogP contribution < -0.4 is 10.6 Å². The summed E-state index contributed by atoms with van der Waals surface area (Å²) in [5, 5.41) is 5.17. The first-order valence-corrected chi connectivity index (χ1v) is 8.20. The summed E-state index contributed by atoms with van der Waals surface area (Å²) >= 11 is 3.30. The van der Waals surface area contributed by atoms with Crippen molar-refractivity contribution in [2.75, 3.05) is 11.9 Å². The van der Waals surface area contributed by atoms with E-state index in [-0.39, 0.29) is 24.4 Å². The third-order valence-electron chi connectivity index (χ3n) is 3.18. The third-order valence-corrected chi connectivity index (χ3v) is 3.71. The van der Waals surface area contributed by atoms with Crippen molar-refractivity contribution in [2.45, 2.75) is 6.42 Å². The SMILES string of the molecule is O=C(C=Cc1c(F)cccc1F)NCCC(=O)Nc1ccc(Br)cc1. The lowest BCUT2D eigenvalue weighted by Crippen LogP contribution is -2.26. The summed E-state index contributed by atoms with van der Waals surface area (Å²) in [6, 6.07) is 10.5. The second kappa shape index (κ2) is 9.08. The van der Waals surface area contributed by atoms with Gasteiger partial charge in [-0.3, -0.25) is 9.59 Å². The zero-order chi connectivity index (χ0) is 18.2. The molecule has 25 heavy (non-hydrogen) atoms. The zero-order valence-corrected chi connectivity index (χ0v) is 14.6. The summed E-state index contributed by atoms with van der Waals surface area (Å²) in [5.74, 6) is -2.30. The Hall–Kier alpha value is -2.54. The van der Waals surface area contributed by atoms with Crippen LogP contribution in [-0.2, 0) is 9.59 Å². The van der Waals surface area contributed by atoms with Crippen LogP contribution in [0.3, 0.4) is 0 Å². The van der Waals surface area contributed by atoms with Crippen molar-refractivity contribution in [1.29, 1.82) is 0 Å². The summed E-state index contributed by atoms with van der Waals surface area (Å²) < 4.78 is 27.7. The van der Waals surface area contributed by atoms with Crippen molar-refractivity contribution >= 4 is 39.5 Å². The lowest BCUT2D eigenvalue weighted by atomic mass is 10.2. The number of hydrogen-bond donors (Lipinski definition) is 2. The van der Waals surface area contributed by atoms with Gasteiger partial charge in [0.05, 0.1) is 0 Å². The highest BCUT2D eigenvalue weighted by Crippen LogP contribution is 2.14. The molecule has 0 heterocycles. The van der Waals surface area contributed by atoms with E-state index >= 15 is 0 Å². The van der Waals surface area contributed by atoms with E-state index in [1.165, 1.54) is 6.07 Å². The Morgan fingerprint density at radius 1 is 1.04 bits per heavy atom. The smallest absolute Gasteiger partial charge is 0.244 e. The normalized spacial score (nSPS) is 10.7. The fraction of sp³-hybridized carbons (Fsp3) is 0.111. The van der Waals surface area contributed by atoms with Gasteiger partial charge in [0.25, 0.3) is 0 Å². The highest BCUT2D eigenvalue weighted by molar-refractivity contribution is 9.10. The van der Waals surface area contributed by atoms with Gasteiger partial charge in [0.15, 0.2) is 0 Å². The first-order chi connectivity index (χ1) is 12.0. The molecule has 0 bridgehead atoms. The average molecular weight is 409 g/mol. The molecule has 0 saturated heterocycles. The average Bonchev–Trinajstić information content (AvgIpc) is 2.56. The van der Waals surface area contributed by atoms with Crippen molar-refractivity contribution < 1.29 is 18.4 Å². The molecule has 2 amide bonds. The maximum atomic E-state index is 13.4. The maximum absolute atomic E-state index is 13.4. The topological polar surface area (TPSA) is 58.2 Å². The van der Waals surface area contributed by atoms with Crippen LogP contribution in [0.2, 0.25) is 0 Å². The first kappa shape index (κ1) is 18.8. The van der Waals surface area contributed by atoms with E-state index in [1.807, 2.05) is 0 Å². The van der Waals surface area contributed by atoms with Crippen molar-refractivity contribution in [2.24, 2.45) is 0 Å². The lowest BCUT2D eigenvalue weighted by molar-refractivity contribution is -0.117. The van der Waals surface area contributed by atoms with Gasteiger partial charge in [-0.05, 0) is 42.5 Å². The fourth-order valence-electron chi connectivity index (χ4n) is 1.94. The molecular weight excluding hydrogens is 394 g/mol. The predicted octanol–water partition coefficient (Wildman–Crippen LogP) is 3.89. The minimum Gasteiger partial charge on any atom is -0.352 e. The zero-order valence-electron chi connectivity index (χ0n) is 13.1. The molecule has 0 aliphatic rings. The molecule has 0 atom stereocenters. The van der Waals surface area contributed by atoms with E-state index in [4.69, 9.17) is 0 Å². The Balaban J connectivity index is 1.77. The highest BCUT2D eigenvalue weighted by atomic mass is 79.9. The lowest BCUT2D eigenvalue weighted by Gasteiger charge is -2.06. The van der Waals surface area contributed by atoms with Crippen LogP contribution >= 0.6 is 15.9 Å². The molecule has 0 aliphatic carbocycles. The maximum Gasteiger partial charge on any atom is 0.244 e. The van der Waals surface area contributed by atoms with Crippen LogP contribution in [-0.4, -0.2) is 18.4 Å². The van der Waals surface area contributed by atoms with Crippen LogP contribution in [0.25, 0.3) is 6.08 Å². The number of carbonyl (C=O) groups is 2. The molecule has 0 spiro atoms. The predicted molar refractivity (Wildman–Crippen MR) is 95.8 cm³/mol. The van der Waals surface area contributed by atoms with Crippen LogP contribution in [0, 0.1) is 11.6 Å². The number of benzene rings is 2. The minimum absolute atomic E-state index is 0.0731. The molecule has 4 nitrogen and oxygen atoms in total. The molecule has 0 radical (unpaired) electrons. The van der Waals surface area contributed by atoms with E-state index in [9.17, 15) is 18.4 Å². The quantitative estimate of drug-likeness (QED) is 0.712. The van der Waals surface area contributed by atoms with Crippen molar-refractivity contribution in [3.63, 3.8) is 0 Å². The number of anilines is 1. The summed E-state index contributed by atoms with van der Waals surface area (Å²) in [6.07, 6.45) is 2.15. The molecule has 0 aliphatic heterocycles. The molecule has 2 aromatic carbocycles. The summed E-state index contributed by atoms with van der Waals surface area (Å²) in [4.78, 5) is 23.4. The van der Waals surface area contributed by atoms with E-state index in [0.29, 0.717) is 5.69 Å². The Morgan fingerprint density at radius 3 is 2.32 bits per heavy atom. The Morgan fingerprint density at radius 2 is 1.68 bits per heavy atom. The number of nitrogens with one attached hydrogen (secondary N) is 2. The standard InChI is InChI=1S/C18H15BrF2N2O2/c19-12-4-6-13(7-5-12)23-18(25)10-11-22-17(24)9-8-14-15(20)2-1-3-16(14)21/h1-9H,10-11H2,(H,22,24)(H,23,25). The van der Waals surface area contributed by atoms with Gasteiger partial charge in [-0.25, -0.2) is 8.78 Å².